The predicted molar refractivity (Wildman–Crippen MR) is 85.2 cm³/mol. The summed E-state index contributed by atoms with van der Waals surface area (Å²) >= 11 is 1.30. The number of hydrogen-bond acceptors (Lipinski definition) is 4. The van der Waals surface area contributed by atoms with E-state index in [1.807, 2.05) is 6.92 Å². The number of halogens is 1. The number of carbonyl (C=O) groups excluding carboxylic acids is 1. The maximum Gasteiger partial charge on any atom is 0.312 e. The smallest absolute Gasteiger partial charge is 0.312 e. The molecule has 0 saturated carbocycles. The third-order valence-electron chi connectivity index (χ3n) is 3.28. The number of aryl methyl sites for hydroxylation is 1. The van der Waals surface area contributed by atoms with E-state index in [2.05, 4.69) is 10.3 Å². The van der Waals surface area contributed by atoms with E-state index in [-0.39, 0.29) is 12.5 Å². The first-order valence-electron chi connectivity index (χ1n) is 7.22. The van der Waals surface area contributed by atoms with Gasteiger partial charge >= 0.3 is 5.97 Å². The number of amides is 1. The van der Waals surface area contributed by atoms with E-state index in [9.17, 15) is 19.1 Å². The van der Waals surface area contributed by atoms with Crippen molar-refractivity contribution in [3.63, 3.8) is 0 Å². The van der Waals surface area contributed by atoms with Gasteiger partial charge in [0.1, 0.15) is 10.7 Å². The summed E-state index contributed by atoms with van der Waals surface area (Å²) < 4.78 is 12.9. The Hall–Kier alpha value is -2.28. The molecular formula is C16H17FN2O3S. The summed E-state index contributed by atoms with van der Waals surface area (Å²) in [7, 11) is 0. The molecule has 0 radical (unpaired) electrons. The van der Waals surface area contributed by atoms with Gasteiger partial charge in [0.05, 0.1) is 17.1 Å². The first-order valence-corrected chi connectivity index (χ1v) is 8.04. The van der Waals surface area contributed by atoms with Crippen LogP contribution in [0.1, 0.15) is 39.5 Å². The normalized spacial score (nSPS) is 11.9. The number of carbonyl (C=O) groups is 2. The van der Waals surface area contributed by atoms with Crippen molar-refractivity contribution in [3.05, 3.63) is 51.7 Å². The van der Waals surface area contributed by atoms with E-state index in [0.717, 1.165) is 17.8 Å². The highest BCUT2D eigenvalue weighted by Crippen LogP contribution is 2.18. The maximum absolute atomic E-state index is 12.9. The van der Waals surface area contributed by atoms with Gasteiger partial charge in [-0.05, 0) is 30.5 Å². The maximum atomic E-state index is 12.9. The van der Waals surface area contributed by atoms with E-state index in [0.29, 0.717) is 10.4 Å². The Kier molecular flexibility index (Phi) is 5.81. The fraction of sp³-hybridized carbons (Fsp3) is 0.312. The lowest BCUT2D eigenvalue weighted by Crippen LogP contribution is -2.31. The van der Waals surface area contributed by atoms with Crippen LogP contribution in [0.2, 0.25) is 0 Å². The third-order valence-corrected chi connectivity index (χ3v) is 4.33. The van der Waals surface area contributed by atoms with Crippen molar-refractivity contribution in [1.29, 1.82) is 0 Å². The molecule has 2 aromatic rings. The van der Waals surface area contributed by atoms with Crippen LogP contribution in [0.4, 0.5) is 4.39 Å². The molecule has 0 aliphatic carbocycles. The second-order valence-corrected chi connectivity index (χ2v) is 6.14. The molecule has 0 spiro atoms. The van der Waals surface area contributed by atoms with Crippen LogP contribution in [0.15, 0.2) is 30.5 Å². The van der Waals surface area contributed by atoms with Gasteiger partial charge in [0.2, 0.25) is 0 Å². The number of thiazole rings is 1. The standard InChI is InChI=1S/C16H17FN2O3S/c1-2-3-14-18-9-13(23-14)15(20)19-8-12(16(21)22)10-4-6-11(17)7-5-10/h4-7,9,12H,2-3,8H2,1H3,(H,19,20)(H,21,22). The Balaban J connectivity index is 2.01. The number of benzene rings is 1. The molecule has 1 aromatic carbocycles. The van der Waals surface area contributed by atoms with Gasteiger partial charge in [-0.2, -0.15) is 0 Å². The van der Waals surface area contributed by atoms with Crippen molar-refractivity contribution in [2.24, 2.45) is 0 Å². The first-order chi connectivity index (χ1) is 11.0. The quantitative estimate of drug-likeness (QED) is 0.815. The lowest BCUT2D eigenvalue weighted by atomic mass is 9.99. The highest BCUT2D eigenvalue weighted by molar-refractivity contribution is 7.13. The topological polar surface area (TPSA) is 79.3 Å². The first kappa shape index (κ1) is 17.1. The summed E-state index contributed by atoms with van der Waals surface area (Å²) in [5.41, 5.74) is 0.440. The molecule has 5 nitrogen and oxygen atoms in total. The van der Waals surface area contributed by atoms with Crippen LogP contribution in [-0.2, 0) is 11.2 Å². The van der Waals surface area contributed by atoms with Crippen LogP contribution in [0.3, 0.4) is 0 Å². The lowest BCUT2D eigenvalue weighted by molar-refractivity contribution is -0.138. The fourth-order valence-corrected chi connectivity index (χ4v) is 3.01. The highest BCUT2D eigenvalue weighted by atomic mass is 32.1. The monoisotopic (exact) mass is 336 g/mol. The molecule has 0 fully saturated rings. The molecule has 1 unspecified atom stereocenters. The minimum atomic E-state index is -1.08. The number of carboxylic acid groups (broad SMARTS) is 1. The van der Waals surface area contributed by atoms with Crippen LogP contribution in [0.25, 0.3) is 0 Å². The number of aliphatic carboxylic acids is 1. The Morgan fingerprint density at radius 1 is 1.35 bits per heavy atom. The molecular weight excluding hydrogens is 319 g/mol. The van der Waals surface area contributed by atoms with Gasteiger partial charge < -0.3 is 10.4 Å². The van der Waals surface area contributed by atoms with E-state index in [1.165, 1.54) is 41.8 Å². The van der Waals surface area contributed by atoms with Crippen LogP contribution in [0, 0.1) is 5.82 Å². The summed E-state index contributed by atoms with van der Waals surface area (Å²) in [6.07, 6.45) is 3.25. The molecule has 2 N–H and O–H groups in total. The van der Waals surface area contributed by atoms with Crippen LogP contribution in [0.5, 0.6) is 0 Å². The van der Waals surface area contributed by atoms with Crippen molar-refractivity contribution in [3.8, 4) is 0 Å². The fourth-order valence-electron chi connectivity index (χ4n) is 2.07. The zero-order valence-corrected chi connectivity index (χ0v) is 13.4. The molecule has 0 saturated heterocycles. The van der Waals surface area contributed by atoms with Crippen molar-refractivity contribution < 1.29 is 19.1 Å². The van der Waals surface area contributed by atoms with Crippen molar-refractivity contribution in [2.75, 3.05) is 6.54 Å². The van der Waals surface area contributed by atoms with Crippen molar-refractivity contribution >= 4 is 23.2 Å². The Bertz CT molecular complexity index is 685. The van der Waals surface area contributed by atoms with Crippen molar-refractivity contribution in [1.82, 2.24) is 10.3 Å². The molecule has 0 aliphatic rings. The molecule has 7 heteroatoms. The van der Waals surface area contributed by atoms with Gasteiger partial charge in [-0.25, -0.2) is 9.37 Å². The summed E-state index contributed by atoms with van der Waals surface area (Å²) in [5, 5.41) is 12.8. The van der Waals surface area contributed by atoms with Crippen molar-refractivity contribution in [2.45, 2.75) is 25.7 Å². The van der Waals surface area contributed by atoms with E-state index in [1.54, 1.807) is 0 Å². The van der Waals surface area contributed by atoms with E-state index >= 15 is 0 Å². The average molecular weight is 336 g/mol. The third kappa shape index (κ3) is 4.59. The molecule has 122 valence electrons. The number of aromatic nitrogens is 1. The zero-order chi connectivity index (χ0) is 16.8. The summed E-state index contributed by atoms with van der Waals surface area (Å²) in [6.45, 7) is 1.96. The molecule has 1 amide bonds. The Morgan fingerprint density at radius 3 is 2.65 bits per heavy atom. The van der Waals surface area contributed by atoms with E-state index in [4.69, 9.17) is 0 Å². The average Bonchev–Trinajstić information content (AvgIpc) is 2.98. The van der Waals surface area contributed by atoms with Crippen LogP contribution in [-0.4, -0.2) is 28.5 Å². The van der Waals surface area contributed by atoms with Gasteiger partial charge in [-0.1, -0.05) is 19.1 Å². The molecule has 0 bridgehead atoms. The predicted octanol–water partition coefficient (Wildman–Crippen LogP) is 2.83. The molecule has 23 heavy (non-hydrogen) atoms. The molecule has 1 heterocycles. The largest absolute Gasteiger partial charge is 0.481 e. The van der Waals surface area contributed by atoms with Gasteiger partial charge in [-0.15, -0.1) is 11.3 Å². The SMILES string of the molecule is CCCc1ncc(C(=O)NCC(C(=O)O)c2ccc(F)cc2)s1. The molecule has 0 aliphatic heterocycles. The summed E-state index contributed by atoms with van der Waals surface area (Å²) in [6, 6.07) is 5.22. The minimum Gasteiger partial charge on any atom is -0.481 e. The van der Waals surface area contributed by atoms with Gasteiger partial charge in [0, 0.05) is 6.54 Å². The van der Waals surface area contributed by atoms with Crippen LogP contribution < -0.4 is 5.32 Å². The second kappa shape index (κ2) is 7.82. The minimum absolute atomic E-state index is 0.0686. The number of hydrogen-bond donors (Lipinski definition) is 2. The lowest BCUT2D eigenvalue weighted by Gasteiger charge is -2.13. The number of carboxylic acids is 1. The summed E-state index contributed by atoms with van der Waals surface area (Å²) in [5.74, 6) is -2.79. The van der Waals surface area contributed by atoms with E-state index < -0.39 is 17.7 Å². The van der Waals surface area contributed by atoms with Crippen LogP contribution >= 0.6 is 11.3 Å². The number of nitrogens with one attached hydrogen (secondary N) is 1. The van der Waals surface area contributed by atoms with Gasteiger partial charge in [0.25, 0.3) is 5.91 Å². The number of rotatable bonds is 7. The highest BCUT2D eigenvalue weighted by Gasteiger charge is 2.21. The second-order valence-electron chi connectivity index (χ2n) is 5.02. The number of nitrogens with zero attached hydrogens (tertiary/aromatic N) is 1. The Morgan fingerprint density at radius 2 is 2.04 bits per heavy atom. The van der Waals surface area contributed by atoms with Gasteiger partial charge in [0.15, 0.2) is 0 Å². The summed E-state index contributed by atoms with van der Waals surface area (Å²) in [4.78, 5) is 28.1. The zero-order valence-electron chi connectivity index (χ0n) is 12.6. The van der Waals surface area contributed by atoms with Gasteiger partial charge in [-0.3, -0.25) is 9.59 Å². The molecule has 1 atom stereocenters. The molecule has 2 rings (SSSR count). The molecule has 1 aromatic heterocycles. The Labute approximate surface area is 137 Å².